The van der Waals surface area contributed by atoms with E-state index in [2.05, 4.69) is 20.6 Å². The second-order valence-corrected chi connectivity index (χ2v) is 5.52. The van der Waals surface area contributed by atoms with Crippen molar-refractivity contribution in [3.8, 4) is 0 Å². The number of anilines is 2. The number of carbonyl (C=O) groups excluding carboxylic acids is 1. The molecular weight excluding hydrogens is 335 g/mol. The second kappa shape index (κ2) is 7.93. The molecule has 134 valence electrons. The highest BCUT2D eigenvalue weighted by Gasteiger charge is 2.33. The lowest BCUT2D eigenvalue weighted by molar-refractivity contribution is -0.136. The van der Waals surface area contributed by atoms with Crippen LogP contribution in [0.5, 0.6) is 0 Å². The first-order chi connectivity index (χ1) is 11.8. The summed E-state index contributed by atoms with van der Waals surface area (Å²) in [5, 5.41) is 5.27. The molecule has 9 heteroatoms. The minimum absolute atomic E-state index is 0.0701. The SMILES string of the molecule is CN(C)CCNC(=O)c1cc(Nc2ccccc2C(F)(F)F)ncn1. The zero-order valence-corrected chi connectivity index (χ0v) is 13.8. The van der Waals surface area contributed by atoms with Crippen LogP contribution in [0.15, 0.2) is 36.7 Å². The van der Waals surface area contributed by atoms with E-state index in [0.29, 0.717) is 13.1 Å². The molecule has 0 aliphatic carbocycles. The van der Waals surface area contributed by atoms with Gasteiger partial charge in [-0.15, -0.1) is 0 Å². The molecule has 0 aliphatic rings. The molecule has 0 atom stereocenters. The summed E-state index contributed by atoms with van der Waals surface area (Å²) in [5.41, 5.74) is -0.890. The highest BCUT2D eigenvalue weighted by Crippen LogP contribution is 2.35. The lowest BCUT2D eigenvalue weighted by Gasteiger charge is -2.14. The molecule has 1 heterocycles. The molecular formula is C16H18F3N5O. The van der Waals surface area contributed by atoms with Crippen LogP contribution in [-0.2, 0) is 6.18 Å². The van der Waals surface area contributed by atoms with Crippen LogP contribution in [0.3, 0.4) is 0 Å². The Kier molecular flexibility index (Phi) is 5.92. The third kappa shape index (κ3) is 5.42. The van der Waals surface area contributed by atoms with Crippen molar-refractivity contribution in [2.75, 3.05) is 32.5 Å². The number of nitrogens with one attached hydrogen (secondary N) is 2. The molecule has 0 bridgehead atoms. The Morgan fingerprint density at radius 2 is 1.92 bits per heavy atom. The van der Waals surface area contributed by atoms with Crippen molar-refractivity contribution in [2.24, 2.45) is 0 Å². The van der Waals surface area contributed by atoms with Gasteiger partial charge in [0.1, 0.15) is 17.8 Å². The van der Waals surface area contributed by atoms with Gasteiger partial charge in [-0.05, 0) is 26.2 Å². The van der Waals surface area contributed by atoms with E-state index in [4.69, 9.17) is 0 Å². The van der Waals surface area contributed by atoms with Gasteiger partial charge in [-0.1, -0.05) is 12.1 Å². The van der Waals surface area contributed by atoms with Crippen LogP contribution >= 0.6 is 0 Å². The van der Waals surface area contributed by atoms with Crippen LogP contribution in [0.2, 0.25) is 0 Å². The lowest BCUT2D eigenvalue weighted by Crippen LogP contribution is -2.31. The van der Waals surface area contributed by atoms with Crippen molar-refractivity contribution < 1.29 is 18.0 Å². The van der Waals surface area contributed by atoms with Gasteiger partial charge in [0.25, 0.3) is 5.91 Å². The topological polar surface area (TPSA) is 70.2 Å². The Balaban J connectivity index is 2.14. The van der Waals surface area contributed by atoms with Gasteiger partial charge in [0.2, 0.25) is 0 Å². The quantitative estimate of drug-likeness (QED) is 0.835. The van der Waals surface area contributed by atoms with E-state index in [0.717, 1.165) is 12.4 Å². The average molecular weight is 353 g/mol. The van der Waals surface area contributed by atoms with Gasteiger partial charge in [-0.25, -0.2) is 9.97 Å². The standard InChI is InChI=1S/C16H18F3N5O/c1-24(2)8-7-20-15(25)13-9-14(22-10-21-13)23-12-6-4-3-5-11(12)16(17,18)19/h3-6,9-10H,7-8H2,1-2H3,(H,20,25)(H,21,22,23). The van der Waals surface area contributed by atoms with E-state index < -0.39 is 17.6 Å². The van der Waals surface area contributed by atoms with Gasteiger partial charge in [-0.2, -0.15) is 13.2 Å². The molecule has 0 aliphatic heterocycles. The number of nitrogens with zero attached hydrogens (tertiary/aromatic N) is 3. The minimum atomic E-state index is -4.50. The van der Waals surface area contributed by atoms with Crippen molar-refractivity contribution in [2.45, 2.75) is 6.18 Å². The summed E-state index contributed by atoms with van der Waals surface area (Å²) in [6, 6.07) is 6.35. The molecule has 0 radical (unpaired) electrons. The Bertz CT molecular complexity index is 734. The smallest absolute Gasteiger partial charge is 0.349 e. The maximum atomic E-state index is 13.0. The molecule has 0 saturated heterocycles. The number of benzene rings is 1. The van der Waals surface area contributed by atoms with Crippen LogP contribution in [0.25, 0.3) is 0 Å². The Morgan fingerprint density at radius 1 is 1.20 bits per heavy atom. The van der Waals surface area contributed by atoms with E-state index in [1.165, 1.54) is 24.3 Å². The van der Waals surface area contributed by atoms with E-state index in [9.17, 15) is 18.0 Å². The first-order valence-corrected chi connectivity index (χ1v) is 7.45. The molecule has 6 nitrogen and oxygen atoms in total. The number of alkyl halides is 3. The minimum Gasteiger partial charge on any atom is -0.349 e. The van der Waals surface area contributed by atoms with Crippen molar-refractivity contribution in [1.82, 2.24) is 20.2 Å². The summed E-state index contributed by atoms with van der Waals surface area (Å²) in [6.45, 7) is 1.08. The number of para-hydroxylation sites is 1. The number of rotatable bonds is 6. The van der Waals surface area contributed by atoms with E-state index >= 15 is 0 Å². The van der Waals surface area contributed by atoms with Crippen molar-refractivity contribution in [3.05, 3.63) is 47.9 Å². The van der Waals surface area contributed by atoms with Gasteiger partial charge in [0.05, 0.1) is 11.3 Å². The van der Waals surface area contributed by atoms with Gasteiger partial charge in [-0.3, -0.25) is 4.79 Å². The van der Waals surface area contributed by atoms with E-state index in [1.54, 1.807) is 0 Å². The second-order valence-electron chi connectivity index (χ2n) is 5.52. The van der Waals surface area contributed by atoms with Crippen molar-refractivity contribution in [3.63, 3.8) is 0 Å². The van der Waals surface area contributed by atoms with E-state index in [-0.39, 0.29) is 17.2 Å². The predicted octanol–water partition coefficient (Wildman–Crippen LogP) is 2.53. The molecule has 0 fully saturated rings. The molecule has 2 N–H and O–H groups in total. The summed E-state index contributed by atoms with van der Waals surface area (Å²) in [4.78, 5) is 21.7. The number of halogens is 3. The highest BCUT2D eigenvalue weighted by atomic mass is 19.4. The van der Waals surface area contributed by atoms with Gasteiger partial charge in [0, 0.05) is 19.2 Å². The number of hydrogen-bond acceptors (Lipinski definition) is 5. The van der Waals surface area contributed by atoms with E-state index in [1.807, 2.05) is 19.0 Å². The van der Waals surface area contributed by atoms with Crippen LogP contribution in [0.4, 0.5) is 24.7 Å². The van der Waals surface area contributed by atoms with Crippen LogP contribution in [0, 0.1) is 0 Å². The Hall–Kier alpha value is -2.68. The molecule has 2 aromatic rings. The Labute approximate surface area is 143 Å². The summed E-state index contributed by atoms with van der Waals surface area (Å²) in [7, 11) is 3.74. The number of carbonyl (C=O) groups is 1. The first-order valence-electron chi connectivity index (χ1n) is 7.45. The molecule has 1 amide bonds. The van der Waals surface area contributed by atoms with Crippen molar-refractivity contribution in [1.29, 1.82) is 0 Å². The predicted molar refractivity (Wildman–Crippen MR) is 87.6 cm³/mol. The fourth-order valence-electron chi connectivity index (χ4n) is 2.01. The molecule has 1 aromatic heterocycles. The molecule has 0 saturated carbocycles. The third-order valence-electron chi connectivity index (χ3n) is 3.24. The first kappa shape index (κ1) is 18.7. The average Bonchev–Trinajstić information content (AvgIpc) is 2.54. The maximum Gasteiger partial charge on any atom is 0.418 e. The molecule has 25 heavy (non-hydrogen) atoms. The molecule has 1 aromatic carbocycles. The summed E-state index contributed by atoms with van der Waals surface area (Å²) >= 11 is 0. The zero-order chi connectivity index (χ0) is 18.4. The summed E-state index contributed by atoms with van der Waals surface area (Å²) < 4.78 is 39.1. The number of likely N-dealkylation sites (N-methyl/N-ethyl adjacent to an activating group) is 1. The van der Waals surface area contributed by atoms with Crippen molar-refractivity contribution >= 4 is 17.4 Å². The zero-order valence-electron chi connectivity index (χ0n) is 13.8. The maximum absolute atomic E-state index is 13.0. The van der Waals surface area contributed by atoms with Gasteiger partial charge in [0.15, 0.2) is 0 Å². The number of aromatic nitrogens is 2. The third-order valence-corrected chi connectivity index (χ3v) is 3.24. The highest BCUT2D eigenvalue weighted by molar-refractivity contribution is 5.93. The van der Waals surface area contributed by atoms with Crippen LogP contribution in [0.1, 0.15) is 16.1 Å². The van der Waals surface area contributed by atoms with Gasteiger partial charge >= 0.3 is 6.18 Å². The van der Waals surface area contributed by atoms with Crippen LogP contribution < -0.4 is 10.6 Å². The Morgan fingerprint density at radius 3 is 2.60 bits per heavy atom. The fraction of sp³-hybridized carbons (Fsp3) is 0.312. The lowest BCUT2D eigenvalue weighted by atomic mass is 10.1. The van der Waals surface area contributed by atoms with Crippen LogP contribution in [-0.4, -0.2) is 48.0 Å². The fourth-order valence-corrected chi connectivity index (χ4v) is 2.01. The largest absolute Gasteiger partial charge is 0.418 e. The molecule has 0 unspecified atom stereocenters. The van der Waals surface area contributed by atoms with Gasteiger partial charge < -0.3 is 15.5 Å². The number of amides is 1. The summed E-state index contributed by atoms with van der Waals surface area (Å²) in [5.74, 6) is -0.319. The summed E-state index contributed by atoms with van der Waals surface area (Å²) in [6.07, 6.45) is -3.37. The number of hydrogen-bond donors (Lipinski definition) is 2. The monoisotopic (exact) mass is 353 g/mol. The molecule has 2 rings (SSSR count). The normalized spacial score (nSPS) is 11.4. The molecule has 0 spiro atoms.